The van der Waals surface area contributed by atoms with Crippen molar-refractivity contribution >= 4 is 17.2 Å². The number of hydrogen-bond donors (Lipinski definition) is 2. The van der Waals surface area contributed by atoms with E-state index in [1.165, 1.54) is 12.8 Å². The highest BCUT2D eigenvalue weighted by Crippen LogP contribution is 2.22. The summed E-state index contributed by atoms with van der Waals surface area (Å²) in [7, 11) is 1.70. The number of carbonyl (C=O) groups is 1. The molecule has 6 nitrogen and oxygen atoms in total. The highest BCUT2D eigenvalue weighted by molar-refractivity contribution is 7.11. The first-order chi connectivity index (χ1) is 10.7. The Morgan fingerprint density at radius 2 is 2.45 bits per heavy atom. The van der Waals surface area contributed by atoms with Gasteiger partial charge in [0.25, 0.3) is 0 Å². The molecule has 0 aliphatic carbocycles. The zero-order valence-corrected chi connectivity index (χ0v) is 14.0. The van der Waals surface area contributed by atoms with E-state index < -0.39 is 0 Å². The molecule has 1 fully saturated rings. The topological polar surface area (TPSA) is 80.5 Å². The van der Waals surface area contributed by atoms with Crippen molar-refractivity contribution < 1.29 is 9.53 Å². The number of amides is 1. The molecule has 0 radical (unpaired) electrons. The van der Waals surface area contributed by atoms with E-state index in [2.05, 4.69) is 15.2 Å². The summed E-state index contributed by atoms with van der Waals surface area (Å²) >= 11 is 1.70. The van der Waals surface area contributed by atoms with Gasteiger partial charge in [-0.05, 0) is 19.4 Å². The Labute approximate surface area is 136 Å². The van der Waals surface area contributed by atoms with Gasteiger partial charge in [-0.3, -0.25) is 9.69 Å². The van der Waals surface area contributed by atoms with Crippen molar-refractivity contribution in [3.8, 4) is 0 Å². The van der Waals surface area contributed by atoms with Crippen molar-refractivity contribution in [1.82, 2.24) is 15.2 Å². The third-order valence-corrected chi connectivity index (χ3v) is 4.84. The number of nitrogens with one attached hydrogen (secondary N) is 1. The second-order valence-corrected chi connectivity index (χ2v) is 6.82. The molecule has 2 rings (SSSR count). The molecule has 1 saturated heterocycles. The molecule has 2 heterocycles. The van der Waals surface area contributed by atoms with E-state index in [9.17, 15) is 4.79 Å². The molecule has 0 spiro atoms. The number of rotatable bonds is 8. The van der Waals surface area contributed by atoms with Crippen LogP contribution in [-0.4, -0.2) is 48.6 Å². The Bertz CT molecular complexity index is 466. The van der Waals surface area contributed by atoms with Gasteiger partial charge in [0.05, 0.1) is 18.0 Å². The molecule has 7 heteroatoms. The number of ether oxygens (including phenoxy) is 1. The smallest absolute Gasteiger partial charge is 0.221 e. The third kappa shape index (κ3) is 5.31. The average molecular weight is 326 g/mol. The van der Waals surface area contributed by atoms with Gasteiger partial charge in [0.15, 0.2) is 0 Å². The molecule has 1 aromatic heterocycles. The molecule has 1 aromatic rings. The summed E-state index contributed by atoms with van der Waals surface area (Å²) in [4.78, 5) is 19.7. The maximum absolute atomic E-state index is 11.6. The Morgan fingerprint density at radius 1 is 1.59 bits per heavy atom. The molecule has 1 aliphatic rings. The SMILES string of the molecule is COCc1cnc(CN2CCCCC2CNC(=O)CCN)s1. The largest absolute Gasteiger partial charge is 0.379 e. The number of methoxy groups -OCH3 is 1. The van der Waals surface area contributed by atoms with E-state index in [0.29, 0.717) is 32.2 Å². The summed E-state index contributed by atoms with van der Waals surface area (Å²) in [5.41, 5.74) is 5.41. The zero-order valence-electron chi connectivity index (χ0n) is 13.2. The highest BCUT2D eigenvalue weighted by atomic mass is 32.1. The average Bonchev–Trinajstić information content (AvgIpc) is 2.94. The molecule has 1 amide bonds. The van der Waals surface area contributed by atoms with E-state index in [-0.39, 0.29) is 5.91 Å². The van der Waals surface area contributed by atoms with Crippen LogP contribution in [0.4, 0.5) is 0 Å². The summed E-state index contributed by atoms with van der Waals surface area (Å²) in [6, 6.07) is 0.394. The van der Waals surface area contributed by atoms with Gasteiger partial charge in [-0.25, -0.2) is 4.98 Å². The number of thiazole rings is 1. The van der Waals surface area contributed by atoms with Crippen molar-refractivity contribution in [2.45, 2.75) is 44.9 Å². The molecule has 1 aliphatic heterocycles. The van der Waals surface area contributed by atoms with Crippen LogP contribution < -0.4 is 11.1 Å². The molecule has 124 valence electrons. The predicted molar refractivity (Wildman–Crippen MR) is 87.6 cm³/mol. The number of piperidine rings is 1. The molecule has 0 aromatic carbocycles. The van der Waals surface area contributed by atoms with Crippen LogP contribution in [0.3, 0.4) is 0 Å². The van der Waals surface area contributed by atoms with Gasteiger partial charge in [-0.2, -0.15) is 0 Å². The first-order valence-electron chi connectivity index (χ1n) is 7.86. The van der Waals surface area contributed by atoms with E-state index in [4.69, 9.17) is 10.5 Å². The molecular formula is C15H26N4O2S. The van der Waals surface area contributed by atoms with Crippen LogP contribution in [-0.2, 0) is 22.7 Å². The Hall–Kier alpha value is -1.02. The first-order valence-corrected chi connectivity index (χ1v) is 8.68. The molecule has 0 bridgehead atoms. The number of likely N-dealkylation sites (tertiary alicyclic amines) is 1. The fourth-order valence-corrected chi connectivity index (χ4v) is 3.67. The normalized spacial score (nSPS) is 19.3. The fourth-order valence-electron chi connectivity index (χ4n) is 2.75. The van der Waals surface area contributed by atoms with Gasteiger partial charge < -0.3 is 15.8 Å². The summed E-state index contributed by atoms with van der Waals surface area (Å²) in [5, 5.41) is 4.11. The van der Waals surface area contributed by atoms with Gasteiger partial charge in [0.2, 0.25) is 5.91 Å². The van der Waals surface area contributed by atoms with Crippen LogP contribution in [0.15, 0.2) is 6.20 Å². The molecule has 1 atom stereocenters. The summed E-state index contributed by atoms with van der Waals surface area (Å²) in [6.45, 7) is 3.65. The molecular weight excluding hydrogens is 300 g/mol. The lowest BCUT2D eigenvalue weighted by Gasteiger charge is -2.35. The van der Waals surface area contributed by atoms with Crippen molar-refractivity contribution in [1.29, 1.82) is 0 Å². The second kappa shape index (κ2) is 9.19. The van der Waals surface area contributed by atoms with Crippen molar-refractivity contribution in [3.63, 3.8) is 0 Å². The molecule has 1 unspecified atom stereocenters. The predicted octanol–water partition coefficient (Wildman–Crippen LogP) is 1.11. The van der Waals surface area contributed by atoms with E-state index in [0.717, 1.165) is 29.4 Å². The number of carbonyl (C=O) groups excluding carboxylic acids is 1. The van der Waals surface area contributed by atoms with Crippen LogP contribution in [0.25, 0.3) is 0 Å². The summed E-state index contributed by atoms with van der Waals surface area (Å²) in [5.74, 6) is 0.0460. The van der Waals surface area contributed by atoms with Crippen LogP contribution >= 0.6 is 11.3 Å². The van der Waals surface area contributed by atoms with Gasteiger partial charge in [-0.1, -0.05) is 6.42 Å². The van der Waals surface area contributed by atoms with Crippen molar-refractivity contribution in [2.24, 2.45) is 5.73 Å². The Morgan fingerprint density at radius 3 is 3.23 bits per heavy atom. The minimum atomic E-state index is 0.0460. The van der Waals surface area contributed by atoms with Gasteiger partial charge in [0.1, 0.15) is 5.01 Å². The maximum Gasteiger partial charge on any atom is 0.221 e. The van der Waals surface area contributed by atoms with Gasteiger partial charge >= 0.3 is 0 Å². The first kappa shape index (κ1) is 17.3. The highest BCUT2D eigenvalue weighted by Gasteiger charge is 2.23. The second-order valence-electron chi connectivity index (χ2n) is 5.62. The minimum Gasteiger partial charge on any atom is -0.379 e. The summed E-state index contributed by atoms with van der Waals surface area (Å²) in [6.07, 6.45) is 5.86. The van der Waals surface area contributed by atoms with Gasteiger partial charge in [0, 0.05) is 38.9 Å². The minimum absolute atomic E-state index is 0.0460. The monoisotopic (exact) mass is 326 g/mol. The number of hydrogen-bond acceptors (Lipinski definition) is 6. The lowest BCUT2D eigenvalue weighted by molar-refractivity contribution is -0.121. The molecule has 22 heavy (non-hydrogen) atoms. The van der Waals surface area contributed by atoms with Crippen LogP contribution in [0.5, 0.6) is 0 Å². The molecule has 0 saturated carbocycles. The van der Waals surface area contributed by atoms with Gasteiger partial charge in [-0.15, -0.1) is 11.3 Å². The van der Waals surface area contributed by atoms with E-state index >= 15 is 0 Å². The third-order valence-electron chi connectivity index (χ3n) is 3.88. The van der Waals surface area contributed by atoms with Crippen molar-refractivity contribution in [3.05, 3.63) is 16.1 Å². The van der Waals surface area contributed by atoms with E-state index in [1.54, 1.807) is 18.4 Å². The lowest BCUT2D eigenvalue weighted by Crippen LogP contribution is -2.46. The number of nitrogens with two attached hydrogens (primary N) is 1. The van der Waals surface area contributed by atoms with Crippen LogP contribution in [0.2, 0.25) is 0 Å². The van der Waals surface area contributed by atoms with E-state index in [1.807, 2.05) is 6.20 Å². The standard InChI is InChI=1S/C15H26N4O2S/c1-21-11-13-9-18-15(22-13)10-19-7-3-2-4-12(19)8-17-14(20)5-6-16/h9,12H,2-8,10-11,16H2,1H3,(H,17,20). The number of aromatic nitrogens is 1. The number of nitrogens with zero attached hydrogens (tertiary/aromatic N) is 2. The zero-order chi connectivity index (χ0) is 15.8. The van der Waals surface area contributed by atoms with Crippen LogP contribution in [0, 0.1) is 0 Å². The molecule has 3 N–H and O–H groups in total. The van der Waals surface area contributed by atoms with Crippen LogP contribution in [0.1, 0.15) is 35.6 Å². The summed E-state index contributed by atoms with van der Waals surface area (Å²) < 4.78 is 5.14. The Kier molecular flexibility index (Phi) is 7.24. The lowest BCUT2D eigenvalue weighted by atomic mass is 10.0. The quantitative estimate of drug-likeness (QED) is 0.748. The fraction of sp³-hybridized carbons (Fsp3) is 0.733. The maximum atomic E-state index is 11.6. The van der Waals surface area contributed by atoms with Crippen molar-refractivity contribution in [2.75, 3.05) is 26.7 Å². The Balaban J connectivity index is 1.86.